The molecule has 0 aliphatic heterocycles. The van der Waals surface area contributed by atoms with Gasteiger partial charge in [-0.3, -0.25) is 4.68 Å². The minimum absolute atomic E-state index is 0.172. The summed E-state index contributed by atoms with van der Waals surface area (Å²) in [5.41, 5.74) is 1.93. The van der Waals surface area contributed by atoms with Crippen LogP contribution >= 0.6 is 11.6 Å². The van der Waals surface area contributed by atoms with Crippen molar-refractivity contribution in [2.75, 3.05) is 0 Å². The lowest BCUT2D eigenvalue weighted by Crippen LogP contribution is -2.25. The average Bonchev–Trinajstić information content (AvgIpc) is 2.40. The van der Waals surface area contributed by atoms with E-state index in [-0.39, 0.29) is 6.04 Å². The molecule has 0 spiro atoms. The molecule has 0 saturated carbocycles. The van der Waals surface area contributed by atoms with Gasteiger partial charge in [0.1, 0.15) is 5.15 Å². The average molecular weight is 227 g/mol. The van der Waals surface area contributed by atoms with E-state index < -0.39 is 0 Å². The van der Waals surface area contributed by atoms with Gasteiger partial charge in [0.05, 0.1) is 18.2 Å². The SMILES string of the molecule is Cc1nn(C)c(Cl)c1CNC(C)CC#N. The van der Waals surface area contributed by atoms with Crippen molar-refractivity contribution in [3.8, 4) is 6.07 Å². The van der Waals surface area contributed by atoms with Gasteiger partial charge in [0.2, 0.25) is 0 Å². The number of halogens is 1. The summed E-state index contributed by atoms with van der Waals surface area (Å²) in [4.78, 5) is 0. The molecule has 0 bridgehead atoms. The monoisotopic (exact) mass is 226 g/mol. The first-order valence-electron chi connectivity index (χ1n) is 4.84. The third-order valence-electron chi connectivity index (χ3n) is 2.29. The Morgan fingerprint density at radius 3 is 2.80 bits per heavy atom. The normalized spacial score (nSPS) is 12.5. The Morgan fingerprint density at radius 1 is 1.67 bits per heavy atom. The van der Waals surface area contributed by atoms with Crippen molar-refractivity contribution >= 4 is 11.6 Å². The molecule has 5 heteroatoms. The number of nitrogens with one attached hydrogen (secondary N) is 1. The minimum atomic E-state index is 0.172. The van der Waals surface area contributed by atoms with Crippen molar-refractivity contribution in [3.63, 3.8) is 0 Å². The van der Waals surface area contributed by atoms with Crippen LogP contribution in [-0.2, 0) is 13.6 Å². The van der Waals surface area contributed by atoms with Gasteiger partial charge < -0.3 is 5.32 Å². The highest BCUT2D eigenvalue weighted by atomic mass is 35.5. The van der Waals surface area contributed by atoms with E-state index in [0.29, 0.717) is 18.1 Å². The number of aryl methyl sites for hydroxylation is 2. The summed E-state index contributed by atoms with van der Waals surface area (Å²) in [5.74, 6) is 0. The highest BCUT2D eigenvalue weighted by Gasteiger charge is 2.11. The molecule has 0 fully saturated rings. The Morgan fingerprint density at radius 2 is 2.33 bits per heavy atom. The second kappa shape index (κ2) is 5.15. The van der Waals surface area contributed by atoms with Gasteiger partial charge in [0, 0.05) is 25.2 Å². The predicted octanol–water partition coefficient (Wildman–Crippen LogP) is 1.77. The maximum absolute atomic E-state index is 8.51. The molecule has 1 aromatic heterocycles. The summed E-state index contributed by atoms with van der Waals surface area (Å²) in [7, 11) is 1.82. The first-order valence-corrected chi connectivity index (χ1v) is 5.22. The molecule has 4 nitrogen and oxygen atoms in total. The predicted molar refractivity (Wildman–Crippen MR) is 59.5 cm³/mol. The van der Waals surface area contributed by atoms with Gasteiger partial charge in [-0.2, -0.15) is 10.4 Å². The van der Waals surface area contributed by atoms with Gasteiger partial charge in [0.15, 0.2) is 0 Å². The second-order valence-corrected chi connectivity index (χ2v) is 3.98. The Hall–Kier alpha value is -1.05. The molecule has 0 saturated heterocycles. The molecule has 1 aromatic rings. The summed E-state index contributed by atoms with van der Waals surface area (Å²) in [5, 5.41) is 16.6. The zero-order valence-corrected chi connectivity index (χ0v) is 9.97. The maximum atomic E-state index is 8.51. The van der Waals surface area contributed by atoms with Crippen molar-refractivity contribution in [2.24, 2.45) is 7.05 Å². The van der Waals surface area contributed by atoms with Crippen LogP contribution in [0.25, 0.3) is 0 Å². The zero-order chi connectivity index (χ0) is 11.4. The molecular weight excluding hydrogens is 212 g/mol. The van der Waals surface area contributed by atoms with Crippen molar-refractivity contribution in [1.29, 1.82) is 5.26 Å². The van der Waals surface area contributed by atoms with Crippen molar-refractivity contribution in [3.05, 3.63) is 16.4 Å². The quantitative estimate of drug-likeness (QED) is 0.852. The lowest BCUT2D eigenvalue weighted by atomic mass is 10.2. The summed E-state index contributed by atoms with van der Waals surface area (Å²) in [6, 6.07) is 2.29. The molecule has 0 aromatic carbocycles. The van der Waals surface area contributed by atoms with E-state index in [1.54, 1.807) is 4.68 Å². The topological polar surface area (TPSA) is 53.6 Å². The third-order valence-corrected chi connectivity index (χ3v) is 2.77. The van der Waals surface area contributed by atoms with E-state index >= 15 is 0 Å². The number of aromatic nitrogens is 2. The highest BCUT2D eigenvalue weighted by molar-refractivity contribution is 6.30. The zero-order valence-electron chi connectivity index (χ0n) is 9.21. The van der Waals surface area contributed by atoms with E-state index in [1.807, 2.05) is 20.9 Å². The molecule has 0 radical (unpaired) electrons. The van der Waals surface area contributed by atoms with Crippen LogP contribution in [0.1, 0.15) is 24.6 Å². The van der Waals surface area contributed by atoms with Crippen LogP contribution in [0.15, 0.2) is 0 Å². The standard InChI is InChI=1S/C10H15ClN4/c1-7(4-5-12)13-6-9-8(2)14-15(3)10(9)11/h7,13H,4,6H2,1-3H3. The Bertz CT molecular complexity index is 378. The van der Waals surface area contributed by atoms with Crippen molar-refractivity contribution in [2.45, 2.75) is 32.9 Å². The van der Waals surface area contributed by atoms with E-state index in [1.165, 1.54) is 0 Å². The van der Waals surface area contributed by atoms with Crippen molar-refractivity contribution in [1.82, 2.24) is 15.1 Å². The first kappa shape index (κ1) is 12.0. The smallest absolute Gasteiger partial charge is 0.131 e. The van der Waals surface area contributed by atoms with Gasteiger partial charge in [-0.05, 0) is 13.8 Å². The van der Waals surface area contributed by atoms with E-state index in [2.05, 4.69) is 16.5 Å². The molecule has 0 aliphatic rings. The van der Waals surface area contributed by atoms with Gasteiger partial charge in [0.25, 0.3) is 0 Å². The molecule has 15 heavy (non-hydrogen) atoms. The van der Waals surface area contributed by atoms with Crippen LogP contribution in [-0.4, -0.2) is 15.8 Å². The van der Waals surface area contributed by atoms with Crippen LogP contribution in [0.4, 0.5) is 0 Å². The molecule has 1 heterocycles. The molecule has 1 atom stereocenters. The summed E-state index contributed by atoms with van der Waals surface area (Å²) >= 11 is 6.07. The summed E-state index contributed by atoms with van der Waals surface area (Å²) in [6.07, 6.45) is 0.497. The number of nitriles is 1. The number of nitrogens with zero attached hydrogens (tertiary/aromatic N) is 3. The molecule has 1 N–H and O–H groups in total. The van der Waals surface area contributed by atoms with Crippen LogP contribution in [0.2, 0.25) is 5.15 Å². The van der Waals surface area contributed by atoms with Gasteiger partial charge in [-0.15, -0.1) is 0 Å². The van der Waals surface area contributed by atoms with Gasteiger partial charge in [-0.1, -0.05) is 11.6 Å². The molecule has 82 valence electrons. The molecule has 1 rings (SSSR count). The number of rotatable bonds is 4. The fraction of sp³-hybridized carbons (Fsp3) is 0.600. The Kier molecular flexibility index (Phi) is 4.13. The third kappa shape index (κ3) is 2.95. The minimum Gasteiger partial charge on any atom is -0.309 e. The van der Waals surface area contributed by atoms with E-state index in [0.717, 1.165) is 11.3 Å². The Balaban J connectivity index is 2.62. The van der Waals surface area contributed by atoms with E-state index in [9.17, 15) is 0 Å². The van der Waals surface area contributed by atoms with Crippen LogP contribution in [0, 0.1) is 18.3 Å². The van der Waals surface area contributed by atoms with Crippen LogP contribution in [0.3, 0.4) is 0 Å². The van der Waals surface area contributed by atoms with Gasteiger partial charge >= 0.3 is 0 Å². The fourth-order valence-corrected chi connectivity index (χ4v) is 1.60. The van der Waals surface area contributed by atoms with Crippen LogP contribution < -0.4 is 5.32 Å². The lowest BCUT2D eigenvalue weighted by Gasteiger charge is -2.09. The molecule has 1 unspecified atom stereocenters. The number of hydrogen-bond acceptors (Lipinski definition) is 3. The summed E-state index contributed by atoms with van der Waals surface area (Å²) < 4.78 is 1.66. The second-order valence-electron chi connectivity index (χ2n) is 3.62. The molecule has 0 aliphatic carbocycles. The van der Waals surface area contributed by atoms with Crippen molar-refractivity contribution < 1.29 is 0 Å². The van der Waals surface area contributed by atoms with Gasteiger partial charge in [-0.25, -0.2) is 0 Å². The largest absolute Gasteiger partial charge is 0.309 e. The van der Waals surface area contributed by atoms with E-state index in [4.69, 9.17) is 16.9 Å². The molecule has 0 amide bonds. The molecular formula is C10H15ClN4. The fourth-order valence-electron chi connectivity index (χ4n) is 1.36. The lowest BCUT2D eigenvalue weighted by molar-refractivity contribution is 0.556. The Labute approximate surface area is 94.8 Å². The maximum Gasteiger partial charge on any atom is 0.131 e. The summed E-state index contributed by atoms with van der Waals surface area (Å²) in [6.45, 7) is 4.56. The highest BCUT2D eigenvalue weighted by Crippen LogP contribution is 2.18. The first-order chi connectivity index (χ1) is 7.06. The van der Waals surface area contributed by atoms with Crippen LogP contribution in [0.5, 0.6) is 0 Å². The number of hydrogen-bond donors (Lipinski definition) is 1.